The van der Waals surface area contributed by atoms with Gasteiger partial charge in [0.15, 0.2) is 0 Å². The third-order valence-electron chi connectivity index (χ3n) is 2.62. The van der Waals surface area contributed by atoms with Crippen molar-refractivity contribution in [1.82, 2.24) is 0 Å². The van der Waals surface area contributed by atoms with Gasteiger partial charge in [-0.1, -0.05) is 39.5 Å². The molecule has 0 saturated heterocycles. The lowest BCUT2D eigenvalue weighted by Gasteiger charge is -2.08. The van der Waals surface area contributed by atoms with Crippen LogP contribution in [-0.4, -0.2) is 0 Å². The van der Waals surface area contributed by atoms with Gasteiger partial charge in [-0.3, -0.25) is 0 Å². The highest BCUT2D eigenvalue weighted by atomic mass is 14.2. The van der Waals surface area contributed by atoms with Crippen molar-refractivity contribution in [2.75, 3.05) is 0 Å². The maximum atomic E-state index is 2.32. The molecule has 0 heterocycles. The van der Waals surface area contributed by atoms with Crippen LogP contribution in [0, 0.1) is 11.8 Å². The lowest BCUT2D eigenvalue weighted by Crippen LogP contribution is -1.93. The molecule has 0 heteroatoms. The summed E-state index contributed by atoms with van der Waals surface area (Å²) in [6, 6.07) is 0. The Morgan fingerprint density at radius 3 is 2.36 bits per heavy atom. The Hall–Kier alpha value is 0. The van der Waals surface area contributed by atoms with Gasteiger partial charge in [-0.05, 0) is 31.1 Å². The zero-order valence-corrected chi connectivity index (χ0v) is 8.03. The van der Waals surface area contributed by atoms with E-state index in [4.69, 9.17) is 0 Å². The SMILES string of the molecule is CC(C)CCC[C]1CCCC1. The summed E-state index contributed by atoms with van der Waals surface area (Å²) in [5, 5.41) is 0. The minimum Gasteiger partial charge on any atom is -0.0628 e. The molecule has 0 aromatic rings. The Morgan fingerprint density at radius 1 is 1.18 bits per heavy atom. The van der Waals surface area contributed by atoms with E-state index in [0.29, 0.717) is 0 Å². The van der Waals surface area contributed by atoms with Gasteiger partial charge in [-0.15, -0.1) is 0 Å². The van der Waals surface area contributed by atoms with Gasteiger partial charge in [0.25, 0.3) is 0 Å². The van der Waals surface area contributed by atoms with Crippen molar-refractivity contribution in [2.45, 2.75) is 58.8 Å². The van der Waals surface area contributed by atoms with Crippen molar-refractivity contribution in [3.05, 3.63) is 5.92 Å². The van der Waals surface area contributed by atoms with Gasteiger partial charge in [0, 0.05) is 0 Å². The molecule has 0 atom stereocenters. The quantitative estimate of drug-likeness (QED) is 0.573. The van der Waals surface area contributed by atoms with Gasteiger partial charge >= 0.3 is 0 Å². The van der Waals surface area contributed by atoms with Gasteiger partial charge in [-0.2, -0.15) is 0 Å². The summed E-state index contributed by atoms with van der Waals surface area (Å²) >= 11 is 0. The first kappa shape index (κ1) is 9.09. The first-order valence-corrected chi connectivity index (χ1v) is 5.12. The Balaban J connectivity index is 1.94. The maximum absolute atomic E-state index is 2.32. The summed E-state index contributed by atoms with van der Waals surface area (Å²) in [7, 11) is 0. The third-order valence-corrected chi connectivity index (χ3v) is 2.62. The Morgan fingerprint density at radius 2 is 1.82 bits per heavy atom. The van der Waals surface area contributed by atoms with E-state index in [1.165, 1.54) is 44.9 Å². The fourth-order valence-electron chi connectivity index (χ4n) is 1.89. The molecule has 1 rings (SSSR count). The predicted octanol–water partition coefficient (Wildman–Crippen LogP) is 3.96. The molecule has 0 aromatic carbocycles. The second-order valence-corrected chi connectivity index (χ2v) is 4.24. The molecule has 1 radical (unpaired) electrons. The predicted molar refractivity (Wildman–Crippen MR) is 50.4 cm³/mol. The van der Waals surface area contributed by atoms with Crippen molar-refractivity contribution in [3.8, 4) is 0 Å². The molecule has 1 aliphatic rings. The van der Waals surface area contributed by atoms with Gasteiger partial charge < -0.3 is 0 Å². The van der Waals surface area contributed by atoms with Crippen molar-refractivity contribution in [1.29, 1.82) is 0 Å². The highest BCUT2D eigenvalue weighted by molar-refractivity contribution is 4.93. The van der Waals surface area contributed by atoms with Crippen LogP contribution in [0.1, 0.15) is 58.8 Å². The van der Waals surface area contributed by atoms with Crippen LogP contribution in [0.2, 0.25) is 0 Å². The van der Waals surface area contributed by atoms with Crippen LogP contribution >= 0.6 is 0 Å². The molecule has 1 saturated carbocycles. The van der Waals surface area contributed by atoms with E-state index in [1.807, 2.05) is 5.92 Å². The topological polar surface area (TPSA) is 0 Å². The van der Waals surface area contributed by atoms with Crippen molar-refractivity contribution in [3.63, 3.8) is 0 Å². The molecule has 65 valence electrons. The van der Waals surface area contributed by atoms with E-state index in [0.717, 1.165) is 5.92 Å². The van der Waals surface area contributed by atoms with Gasteiger partial charge in [0.05, 0.1) is 0 Å². The van der Waals surface area contributed by atoms with Crippen LogP contribution < -0.4 is 0 Å². The zero-order valence-electron chi connectivity index (χ0n) is 8.03. The summed E-state index contributed by atoms with van der Waals surface area (Å²) in [4.78, 5) is 0. The summed E-state index contributed by atoms with van der Waals surface area (Å²) in [6.45, 7) is 4.64. The molecule has 0 spiro atoms. The fourth-order valence-corrected chi connectivity index (χ4v) is 1.89. The minimum atomic E-state index is 0.900. The summed E-state index contributed by atoms with van der Waals surface area (Å²) < 4.78 is 0. The monoisotopic (exact) mass is 153 g/mol. The minimum absolute atomic E-state index is 0.900. The first-order valence-electron chi connectivity index (χ1n) is 5.12. The molecule has 0 N–H and O–H groups in total. The molecule has 0 bridgehead atoms. The van der Waals surface area contributed by atoms with E-state index in [2.05, 4.69) is 13.8 Å². The summed E-state index contributed by atoms with van der Waals surface area (Å²) in [5.41, 5.74) is 0. The summed E-state index contributed by atoms with van der Waals surface area (Å²) in [6.07, 6.45) is 10.1. The third kappa shape index (κ3) is 3.79. The van der Waals surface area contributed by atoms with E-state index in [9.17, 15) is 0 Å². The molecule has 0 unspecified atom stereocenters. The normalized spacial score (nSPS) is 19.9. The van der Waals surface area contributed by atoms with Crippen molar-refractivity contribution in [2.24, 2.45) is 5.92 Å². The van der Waals surface area contributed by atoms with Crippen LogP contribution in [-0.2, 0) is 0 Å². The second kappa shape index (κ2) is 4.79. The van der Waals surface area contributed by atoms with Gasteiger partial charge in [-0.25, -0.2) is 0 Å². The molecule has 0 nitrogen and oxygen atoms in total. The maximum Gasteiger partial charge on any atom is -0.0241 e. The average Bonchev–Trinajstić information content (AvgIpc) is 2.39. The van der Waals surface area contributed by atoms with Crippen LogP contribution in [0.15, 0.2) is 0 Å². The summed E-state index contributed by atoms with van der Waals surface area (Å²) in [5.74, 6) is 2.75. The second-order valence-electron chi connectivity index (χ2n) is 4.24. The van der Waals surface area contributed by atoms with Crippen LogP contribution in [0.4, 0.5) is 0 Å². The fraction of sp³-hybridized carbons (Fsp3) is 0.909. The molecular weight excluding hydrogens is 132 g/mol. The molecule has 11 heavy (non-hydrogen) atoms. The number of hydrogen-bond acceptors (Lipinski definition) is 0. The standard InChI is InChI=1S/C11H21/c1-10(2)6-5-9-11-7-3-4-8-11/h10H,3-9H2,1-2H3. The molecule has 0 amide bonds. The Bertz CT molecular complexity index is 88.2. The number of hydrogen-bond donors (Lipinski definition) is 0. The Kier molecular flexibility index (Phi) is 3.96. The van der Waals surface area contributed by atoms with E-state index >= 15 is 0 Å². The molecule has 1 aliphatic carbocycles. The largest absolute Gasteiger partial charge is 0.0628 e. The lowest BCUT2D eigenvalue weighted by atomic mass is 9.97. The highest BCUT2D eigenvalue weighted by Crippen LogP contribution is 2.31. The van der Waals surface area contributed by atoms with Gasteiger partial charge in [0.1, 0.15) is 0 Å². The van der Waals surface area contributed by atoms with Crippen LogP contribution in [0.5, 0.6) is 0 Å². The van der Waals surface area contributed by atoms with Crippen LogP contribution in [0.25, 0.3) is 0 Å². The van der Waals surface area contributed by atoms with Crippen molar-refractivity contribution < 1.29 is 0 Å². The van der Waals surface area contributed by atoms with E-state index < -0.39 is 0 Å². The van der Waals surface area contributed by atoms with E-state index in [-0.39, 0.29) is 0 Å². The van der Waals surface area contributed by atoms with E-state index in [1.54, 1.807) is 0 Å². The number of rotatable bonds is 4. The first-order chi connectivity index (χ1) is 5.29. The van der Waals surface area contributed by atoms with Crippen molar-refractivity contribution >= 4 is 0 Å². The molecule has 0 aliphatic heterocycles. The molecule has 1 fully saturated rings. The zero-order chi connectivity index (χ0) is 8.10. The Labute approximate surface area is 71.4 Å². The van der Waals surface area contributed by atoms with Gasteiger partial charge in [0.2, 0.25) is 0 Å². The average molecular weight is 153 g/mol. The molecular formula is C11H21. The molecule has 0 aromatic heterocycles. The smallest absolute Gasteiger partial charge is 0.0241 e. The highest BCUT2D eigenvalue weighted by Gasteiger charge is 2.14. The van der Waals surface area contributed by atoms with Crippen LogP contribution in [0.3, 0.4) is 0 Å². The lowest BCUT2D eigenvalue weighted by molar-refractivity contribution is 0.535.